The molecule has 0 aliphatic rings. The Kier molecular flexibility index (Phi) is 5.71. The summed E-state index contributed by atoms with van der Waals surface area (Å²) in [7, 11) is -4.06. The minimum absolute atomic E-state index is 0.0447. The quantitative estimate of drug-likeness (QED) is 0.618. The van der Waals surface area contributed by atoms with Gasteiger partial charge >= 0.3 is 0 Å². The van der Waals surface area contributed by atoms with E-state index < -0.39 is 38.9 Å². The summed E-state index contributed by atoms with van der Waals surface area (Å²) >= 11 is 0. The number of halogens is 3. The Morgan fingerprint density at radius 2 is 1.45 bits per heavy atom. The Bertz CT molecular complexity index is 1160. The average molecular weight is 420 g/mol. The van der Waals surface area contributed by atoms with Crippen molar-refractivity contribution in [3.8, 4) is 11.1 Å². The highest BCUT2D eigenvalue weighted by molar-refractivity contribution is 7.89. The van der Waals surface area contributed by atoms with E-state index in [4.69, 9.17) is 0 Å². The second-order valence-electron chi connectivity index (χ2n) is 6.19. The Morgan fingerprint density at radius 1 is 0.862 bits per heavy atom. The van der Waals surface area contributed by atoms with Gasteiger partial charge in [-0.15, -0.1) is 4.83 Å². The van der Waals surface area contributed by atoms with E-state index in [2.05, 4.69) is 0 Å². The number of hydrogen-bond donors (Lipinski definition) is 2. The Hall–Kier alpha value is -3.17. The molecule has 0 radical (unpaired) electrons. The second-order valence-corrected chi connectivity index (χ2v) is 7.87. The first kappa shape index (κ1) is 20.6. The molecule has 1 amide bonds. The molecular formula is C20H15F3N2O3S. The normalized spacial score (nSPS) is 11.3. The van der Waals surface area contributed by atoms with Crippen molar-refractivity contribution in [3.05, 3.63) is 89.2 Å². The van der Waals surface area contributed by atoms with Crippen LogP contribution in [0.3, 0.4) is 0 Å². The number of hydrazine groups is 1. The van der Waals surface area contributed by atoms with E-state index in [0.717, 1.165) is 18.2 Å². The highest BCUT2D eigenvalue weighted by Crippen LogP contribution is 2.26. The van der Waals surface area contributed by atoms with E-state index in [9.17, 15) is 26.4 Å². The van der Waals surface area contributed by atoms with Crippen LogP contribution in [0.2, 0.25) is 0 Å². The van der Waals surface area contributed by atoms with Crippen LogP contribution >= 0.6 is 0 Å². The lowest BCUT2D eigenvalue weighted by Gasteiger charge is -2.12. The number of carbonyl (C=O) groups is 1. The maximum absolute atomic E-state index is 14.5. The number of hydrogen-bond acceptors (Lipinski definition) is 3. The largest absolute Gasteiger partial charge is 0.273 e. The number of amides is 1. The zero-order chi connectivity index (χ0) is 21.2. The van der Waals surface area contributed by atoms with Gasteiger partial charge in [0.05, 0.1) is 10.5 Å². The topological polar surface area (TPSA) is 75.3 Å². The minimum atomic E-state index is -4.06. The fraction of sp³-hybridized carbons (Fsp3) is 0.0500. The first-order valence-electron chi connectivity index (χ1n) is 8.31. The van der Waals surface area contributed by atoms with Crippen LogP contribution in [-0.2, 0) is 10.0 Å². The standard InChI is InChI=1S/C20H15F3N2O3S/c1-12-7-13(14-8-15(21)11-16(22)9-14)10-18(19(12)23)20(26)24-25-29(27,28)17-5-3-2-4-6-17/h2-11,25H,1H3,(H,24,26). The van der Waals surface area contributed by atoms with Gasteiger partial charge < -0.3 is 0 Å². The molecule has 0 spiro atoms. The van der Waals surface area contributed by atoms with Crippen LogP contribution in [0.4, 0.5) is 13.2 Å². The molecule has 0 saturated heterocycles. The van der Waals surface area contributed by atoms with Crippen molar-refractivity contribution >= 4 is 15.9 Å². The fourth-order valence-electron chi connectivity index (χ4n) is 2.66. The lowest BCUT2D eigenvalue weighted by molar-refractivity contribution is 0.0941. The molecule has 0 unspecified atom stereocenters. The lowest BCUT2D eigenvalue weighted by Crippen LogP contribution is -2.41. The lowest BCUT2D eigenvalue weighted by atomic mass is 9.99. The molecule has 5 nitrogen and oxygen atoms in total. The van der Waals surface area contributed by atoms with E-state index in [1.165, 1.54) is 37.3 Å². The number of sulfonamides is 1. The van der Waals surface area contributed by atoms with Gasteiger partial charge in [-0.2, -0.15) is 0 Å². The summed E-state index contributed by atoms with van der Waals surface area (Å²) in [6.07, 6.45) is 0. The molecule has 0 aliphatic carbocycles. The summed E-state index contributed by atoms with van der Waals surface area (Å²) in [6, 6.07) is 12.4. The Labute approximate surface area is 165 Å². The van der Waals surface area contributed by atoms with Crippen LogP contribution in [0.1, 0.15) is 15.9 Å². The summed E-state index contributed by atoms with van der Waals surface area (Å²) in [5, 5.41) is 0. The van der Waals surface area contributed by atoms with Gasteiger partial charge in [-0.1, -0.05) is 18.2 Å². The molecule has 0 aromatic heterocycles. The number of benzene rings is 3. The number of rotatable bonds is 5. The highest BCUT2D eigenvalue weighted by atomic mass is 32.2. The van der Waals surface area contributed by atoms with Crippen molar-refractivity contribution in [1.29, 1.82) is 0 Å². The van der Waals surface area contributed by atoms with Gasteiger partial charge in [0.15, 0.2) is 0 Å². The van der Waals surface area contributed by atoms with Gasteiger partial charge in [0.1, 0.15) is 17.5 Å². The van der Waals surface area contributed by atoms with Crippen molar-refractivity contribution in [2.75, 3.05) is 0 Å². The van der Waals surface area contributed by atoms with Gasteiger partial charge in [0.25, 0.3) is 15.9 Å². The first-order valence-corrected chi connectivity index (χ1v) is 9.79. The summed E-state index contributed by atoms with van der Waals surface area (Å²) in [6.45, 7) is 1.37. The zero-order valence-corrected chi connectivity index (χ0v) is 15.9. The summed E-state index contributed by atoms with van der Waals surface area (Å²) in [5.74, 6) is -3.61. The maximum atomic E-state index is 14.5. The van der Waals surface area contributed by atoms with Crippen LogP contribution in [0.15, 0.2) is 65.6 Å². The molecule has 2 N–H and O–H groups in total. The van der Waals surface area contributed by atoms with Crippen molar-refractivity contribution < 1.29 is 26.4 Å². The van der Waals surface area contributed by atoms with E-state index in [1.807, 2.05) is 10.3 Å². The van der Waals surface area contributed by atoms with Crippen LogP contribution in [0.25, 0.3) is 11.1 Å². The SMILES string of the molecule is Cc1cc(-c2cc(F)cc(F)c2)cc(C(=O)NNS(=O)(=O)c2ccccc2)c1F. The van der Waals surface area contributed by atoms with E-state index in [0.29, 0.717) is 6.07 Å². The third-order valence-corrected chi connectivity index (χ3v) is 5.31. The van der Waals surface area contributed by atoms with Crippen LogP contribution in [-0.4, -0.2) is 14.3 Å². The van der Waals surface area contributed by atoms with E-state index in [-0.39, 0.29) is 21.6 Å². The smallest absolute Gasteiger partial charge is 0.269 e. The molecule has 3 aromatic carbocycles. The Morgan fingerprint density at radius 3 is 2.07 bits per heavy atom. The molecule has 3 aromatic rings. The third-order valence-electron chi connectivity index (χ3n) is 4.05. The van der Waals surface area contributed by atoms with Crippen molar-refractivity contribution in [2.45, 2.75) is 11.8 Å². The number of nitrogens with one attached hydrogen (secondary N) is 2. The van der Waals surface area contributed by atoms with Gasteiger partial charge in [0.2, 0.25) is 0 Å². The van der Waals surface area contributed by atoms with Crippen molar-refractivity contribution in [2.24, 2.45) is 0 Å². The molecule has 0 atom stereocenters. The summed E-state index contributed by atoms with van der Waals surface area (Å²) < 4.78 is 65.8. The van der Waals surface area contributed by atoms with Crippen molar-refractivity contribution in [1.82, 2.24) is 10.3 Å². The molecule has 3 rings (SSSR count). The predicted octanol–water partition coefficient (Wildman–Crippen LogP) is 3.70. The molecule has 0 saturated carbocycles. The summed E-state index contributed by atoms with van der Waals surface area (Å²) in [5.41, 5.74) is 1.80. The molecule has 0 aliphatic heterocycles. The van der Waals surface area contributed by atoms with Gasteiger partial charge in [-0.05, 0) is 60.0 Å². The molecular weight excluding hydrogens is 405 g/mol. The van der Waals surface area contributed by atoms with Gasteiger partial charge in [-0.25, -0.2) is 21.6 Å². The minimum Gasteiger partial charge on any atom is -0.273 e. The van der Waals surface area contributed by atoms with Crippen molar-refractivity contribution in [3.63, 3.8) is 0 Å². The first-order chi connectivity index (χ1) is 13.7. The molecule has 0 fully saturated rings. The average Bonchev–Trinajstić information content (AvgIpc) is 2.68. The molecule has 9 heteroatoms. The fourth-order valence-corrected chi connectivity index (χ4v) is 3.52. The van der Waals surface area contributed by atoms with Crippen LogP contribution in [0.5, 0.6) is 0 Å². The van der Waals surface area contributed by atoms with Crippen LogP contribution in [0, 0.1) is 24.4 Å². The highest BCUT2D eigenvalue weighted by Gasteiger charge is 2.19. The molecule has 0 bridgehead atoms. The Balaban J connectivity index is 1.90. The predicted molar refractivity (Wildman–Crippen MR) is 101 cm³/mol. The van der Waals surface area contributed by atoms with Gasteiger partial charge in [-0.3, -0.25) is 10.2 Å². The second kappa shape index (κ2) is 8.06. The van der Waals surface area contributed by atoms with Crippen LogP contribution < -0.4 is 10.3 Å². The third kappa shape index (κ3) is 4.64. The molecule has 150 valence electrons. The number of carbonyl (C=O) groups excluding carboxylic acids is 1. The van der Waals surface area contributed by atoms with E-state index in [1.54, 1.807) is 6.07 Å². The maximum Gasteiger partial charge on any atom is 0.269 e. The number of aryl methyl sites for hydroxylation is 1. The molecule has 0 heterocycles. The van der Waals surface area contributed by atoms with Gasteiger partial charge in [0, 0.05) is 6.07 Å². The van der Waals surface area contributed by atoms with E-state index >= 15 is 0 Å². The molecule has 29 heavy (non-hydrogen) atoms. The zero-order valence-electron chi connectivity index (χ0n) is 15.0. The monoisotopic (exact) mass is 420 g/mol. The summed E-state index contributed by atoms with van der Waals surface area (Å²) in [4.78, 5) is 14.2.